The zero-order valence-electron chi connectivity index (χ0n) is 6.80. The van der Waals surface area contributed by atoms with Crippen molar-refractivity contribution >= 4 is 21.6 Å². The zero-order valence-corrected chi connectivity index (χ0v) is 8.38. The summed E-state index contributed by atoms with van der Waals surface area (Å²) in [6.45, 7) is -2.97. The first-order valence-electron chi connectivity index (χ1n) is 3.49. The van der Waals surface area contributed by atoms with Gasteiger partial charge in [0, 0.05) is 4.47 Å². The molecular formula is C8H5BrF2N2O. The summed E-state index contributed by atoms with van der Waals surface area (Å²) in [5, 5.41) is 8.66. The quantitative estimate of drug-likeness (QED) is 0.834. The van der Waals surface area contributed by atoms with Crippen molar-refractivity contribution in [3.05, 3.63) is 22.2 Å². The van der Waals surface area contributed by atoms with E-state index in [1.54, 1.807) is 6.07 Å². The van der Waals surface area contributed by atoms with Gasteiger partial charge in [0.15, 0.2) is 0 Å². The van der Waals surface area contributed by atoms with E-state index in [2.05, 4.69) is 20.7 Å². The number of ether oxygens (including phenoxy) is 1. The molecule has 0 aliphatic rings. The predicted octanol–water partition coefficient (Wildman–Crippen LogP) is 2.50. The molecule has 0 atom stereocenters. The molecule has 0 unspecified atom stereocenters. The van der Waals surface area contributed by atoms with Gasteiger partial charge in [0.25, 0.3) is 0 Å². The van der Waals surface area contributed by atoms with Crippen LogP contribution in [0.4, 0.5) is 14.5 Å². The first-order chi connectivity index (χ1) is 6.56. The third-order valence-electron chi connectivity index (χ3n) is 1.48. The standard InChI is InChI=1S/C8H5BrF2N2O/c9-5-1-2-6(14-8(10)11)4(3-12)7(5)13/h1-2,8H,13H2. The summed E-state index contributed by atoms with van der Waals surface area (Å²) in [5.41, 5.74) is 5.47. The summed E-state index contributed by atoms with van der Waals surface area (Å²) in [6, 6.07) is 4.39. The largest absolute Gasteiger partial charge is 0.433 e. The van der Waals surface area contributed by atoms with Crippen LogP contribution in [0.5, 0.6) is 5.75 Å². The van der Waals surface area contributed by atoms with Crippen LogP contribution in [0.1, 0.15) is 5.56 Å². The van der Waals surface area contributed by atoms with Gasteiger partial charge >= 0.3 is 6.61 Å². The molecule has 0 amide bonds. The molecule has 2 N–H and O–H groups in total. The van der Waals surface area contributed by atoms with E-state index >= 15 is 0 Å². The van der Waals surface area contributed by atoms with Gasteiger partial charge in [-0.05, 0) is 28.1 Å². The van der Waals surface area contributed by atoms with Crippen molar-refractivity contribution in [1.29, 1.82) is 5.26 Å². The molecular weight excluding hydrogens is 258 g/mol. The number of anilines is 1. The van der Waals surface area contributed by atoms with E-state index in [1.165, 1.54) is 12.1 Å². The van der Waals surface area contributed by atoms with Gasteiger partial charge in [-0.25, -0.2) is 0 Å². The highest BCUT2D eigenvalue weighted by Gasteiger charge is 2.13. The van der Waals surface area contributed by atoms with E-state index in [0.717, 1.165) is 0 Å². The van der Waals surface area contributed by atoms with Crippen LogP contribution in [-0.4, -0.2) is 6.61 Å². The topological polar surface area (TPSA) is 59.0 Å². The van der Waals surface area contributed by atoms with Gasteiger partial charge in [-0.1, -0.05) is 0 Å². The van der Waals surface area contributed by atoms with Crippen LogP contribution in [0, 0.1) is 11.3 Å². The lowest BCUT2D eigenvalue weighted by Crippen LogP contribution is -2.05. The molecule has 74 valence electrons. The highest BCUT2D eigenvalue weighted by atomic mass is 79.9. The van der Waals surface area contributed by atoms with Crippen molar-refractivity contribution in [1.82, 2.24) is 0 Å². The molecule has 14 heavy (non-hydrogen) atoms. The fourth-order valence-corrected chi connectivity index (χ4v) is 1.21. The molecule has 0 aliphatic carbocycles. The molecule has 6 heteroatoms. The Balaban J connectivity index is 3.19. The number of halogens is 3. The highest BCUT2D eigenvalue weighted by molar-refractivity contribution is 9.10. The van der Waals surface area contributed by atoms with E-state index in [9.17, 15) is 8.78 Å². The second-order valence-corrected chi connectivity index (χ2v) is 3.18. The Morgan fingerprint density at radius 2 is 2.14 bits per heavy atom. The number of nitriles is 1. The molecule has 3 nitrogen and oxygen atoms in total. The third kappa shape index (κ3) is 2.12. The summed E-state index contributed by atoms with van der Waals surface area (Å²) >= 11 is 3.07. The van der Waals surface area contributed by atoms with Crippen molar-refractivity contribution < 1.29 is 13.5 Å². The van der Waals surface area contributed by atoms with Crippen molar-refractivity contribution in [3.8, 4) is 11.8 Å². The number of hydrogen-bond acceptors (Lipinski definition) is 3. The first kappa shape index (κ1) is 10.7. The van der Waals surface area contributed by atoms with Crippen molar-refractivity contribution in [2.24, 2.45) is 0 Å². The van der Waals surface area contributed by atoms with Gasteiger partial charge in [-0.15, -0.1) is 0 Å². The van der Waals surface area contributed by atoms with Crippen molar-refractivity contribution in [2.45, 2.75) is 6.61 Å². The SMILES string of the molecule is N#Cc1c(OC(F)F)ccc(Br)c1N. The summed E-state index contributed by atoms with van der Waals surface area (Å²) < 4.78 is 28.4. The summed E-state index contributed by atoms with van der Waals surface area (Å²) in [7, 11) is 0. The van der Waals surface area contributed by atoms with Crippen molar-refractivity contribution in [2.75, 3.05) is 5.73 Å². The molecule has 0 bridgehead atoms. The summed E-state index contributed by atoms with van der Waals surface area (Å²) in [4.78, 5) is 0. The average molecular weight is 263 g/mol. The predicted molar refractivity (Wildman–Crippen MR) is 49.9 cm³/mol. The number of nitrogen functional groups attached to an aromatic ring is 1. The van der Waals surface area contributed by atoms with Gasteiger partial charge < -0.3 is 10.5 Å². The Bertz CT molecular complexity index is 390. The Morgan fingerprint density at radius 1 is 1.50 bits per heavy atom. The lowest BCUT2D eigenvalue weighted by molar-refractivity contribution is -0.0499. The molecule has 0 spiro atoms. The highest BCUT2D eigenvalue weighted by Crippen LogP contribution is 2.31. The van der Waals surface area contributed by atoms with Crippen LogP contribution in [0.3, 0.4) is 0 Å². The van der Waals surface area contributed by atoms with E-state index in [-0.39, 0.29) is 17.0 Å². The first-order valence-corrected chi connectivity index (χ1v) is 4.28. The molecule has 1 aromatic rings. The van der Waals surface area contributed by atoms with Crippen LogP contribution in [0.2, 0.25) is 0 Å². The number of benzene rings is 1. The Hall–Kier alpha value is -1.35. The maximum absolute atomic E-state index is 11.9. The smallest absolute Gasteiger partial charge is 0.387 e. The Morgan fingerprint density at radius 3 is 2.64 bits per heavy atom. The Kier molecular flexibility index (Phi) is 3.25. The van der Waals surface area contributed by atoms with E-state index < -0.39 is 6.61 Å². The number of rotatable bonds is 2. The van der Waals surface area contributed by atoms with Crippen LogP contribution >= 0.6 is 15.9 Å². The average Bonchev–Trinajstić information content (AvgIpc) is 2.11. The van der Waals surface area contributed by atoms with E-state index in [4.69, 9.17) is 11.0 Å². The minimum absolute atomic E-state index is 0.0886. The zero-order chi connectivity index (χ0) is 10.7. The second-order valence-electron chi connectivity index (χ2n) is 2.32. The maximum atomic E-state index is 11.9. The lowest BCUT2D eigenvalue weighted by atomic mass is 10.2. The van der Waals surface area contributed by atoms with Crippen molar-refractivity contribution in [3.63, 3.8) is 0 Å². The third-order valence-corrected chi connectivity index (χ3v) is 2.17. The normalized spacial score (nSPS) is 9.93. The van der Waals surface area contributed by atoms with Gasteiger partial charge in [0.05, 0.1) is 5.69 Å². The van der Waals surface area contributed by atoms with Gasteiger partial charge in [-0.3, -0.25) is 0 Å². The van der Waals surface area contributed by atoms with Crippen LogP contribution in [0.15, 0.2) is 16.6 Å². The van der Waals surface area contributed by atoms with Crippen LogP contribution in [0.25, 0.3) is 0 Å². The van der Waals surface area contributed by atoms with Gasteiger partial charge in [0.2, 0.25) is 0 Å². The summed E-state index contributed by atoms with van der Waals surface area (Å²) in [6.07, 6.45) is 0. The van der Waals surface area contributed by atoms with Gasteiger partial charge in [-0.2, -0.15) is 14.0 Å². The minimum atomic E-state index is -2.97. The Labute approximate surface area is 87.2 Å². The molecule has 1 aromatic carbocycles. The van der Waals surface area contributed by atoms with Crippen LogP contribution in [-0.2, 0) is 0 Å². The lowest BCUT2D eigenvalue weighted by Gasteiger charge is -2.08. The monoisotopic (exact) mass is 262 g/mol. The molecule has 0 saturated heterocycles. The maximum Gasteiger partial charge on any atom is 0.387 e. The second kappa shape index (κ2) is 4.24. The minimum Gasteiger partial charge on any atom is -0.433 e. The number of hydrogen-bond donors (Lipinski definition) is 1. The molecule has 0 radical (unpaired) electrons. The van der Waals surface area contributed by atoms with Crippen LogP contribution < -0.4 is 10.5 Å². The molecule has 1 rings (SSSR count). The molecule has 0 aliphatic heterocycles. The number of nitrogens with two attached hydrogens (primary N) is 1. The molecule has 0 aromatic heterocycles. The summed E-state index contributed by atoms with van der Waals surface area (Å²) in [5.74, 6) is -0.219. The fraction of sp³-hybridized carbons (Fsp3) is 0.125. The number of nitrogens with zero attached hydrogens (tertiary/aromatic N) is 1. The van der Waals surface area contributed by atoms with E-state index in [0.29, 0.717) is 4.47 Å². The van der Waals surface area contributed by atoms with Gasteiger partial charge in [0.1, 0.15) is 17.4 Å². The molecule has 0 saturated carbocycles. The fourth-order valence-electron chi connectivity index (χ4n) is 0.884. The molecule has 0 heterocycles. The number of alkyl halides is 2. The van der Waals surface area contributed by atoms with E-state index in [1.807, 2.05) is 0 Å². The molecule has 0 fully saturated rings.